The van der Waals surface area contributed by atoms with Gasteiger partial charge in [0, 0.05) is 13.1 Å². The Morgan fingerprint density at radius 2 is 2.10 bits per heavy atom. The molecule has 0 aromatic rings. The van der Waals surface area contributed by atoms with Crippen LogP contribution in [-0.4, -0.2) is 47.0 Å². The van der Waals surface area contributed by atoms with Crippen molar-refractivity contribution >= 4 is 17.9 Å². The number of carboxylic acids is 1. The van der Waals surface area contributed by atoms with Gasteiger partial charge >= 0.3 is 12.0 Å². The highest BCUT2D eigenvalue weighted by molar-refractivity contribution is 5.86. The SMILES string of the molecule is CCCC1(C(=O)O)CCCN(C(=O)NC(C)C(N)=O)C1. The molecule has 0 saturated carbocycles. The minimum atomic E-state index is -0.875. The number of amides is 3. The summed E-state index contributed by atoms with van der Waals surface area (Å²) >= 11 is 0. The van der Waals surface area contributed by atoms with Gasteiger partial charge in [-0.2, -0.15) is 0 Å². The number of nitrogens with one attached hydrogen (secondary N) is 1. The summed E-state index contributed by atoms with van der Waals surface area (Å²) in [7, 11) is 0. The normalized spacial score (nSPS) is 24.0. The number of carbonyl (C=O) groups is 3. The van der Waals surface area contributed by atoms with Crippen molar-refractivity contribution in [1.29, 1.82) is 0 Å². The van der Waals surface area contributed by atoms with Crippen molar-refractivity contribution in [3.8, 4) is 0 Å². The lowest BCUT2D eigenvalue weighted by molar-refractivity contribution is -0.152. The molecule has 7 nitrogen and oxygen atoms in total. The van der Waals surface area contributed by atoms with Crippen LogP contribution in [0.1, 0.15) is 39.5 Å². The Kier molecular flexibility index (Phi) is 5.35. The molecule has 2 atom stereocenters. The zero-order valence-electron chi connectivity index (χ0n) is 12.0. The predicted octanol–water partition coefficient (Wildman–Crippen LogP) is 0.537. The van der Waals surface area contributed by atoms with Crippen LogP contribution in [0.15, 0.2) is 0 Å². The summed E-state index contributed by atoms with van der Waals surface area (Å²) in [6.07, 6.45) is 2.51. The van der Waals surface area contributed by atoms with E-state index in [1.807, 2.05) is 6.92 Å². The Bertz CT molecular complexity index is 395. The van der Waals surface area contributed by atoms with Crippen LogP contribution in [0, 0.1) is 5.41 Å². The molecule has 4 N–H and O–H groups in total. The van der Waals surface area contributed by atoms with Crippen LogP contribution in [0.4, 0.5) is 4.79 Å². The first-order chi connectivity index (χ1) is 9.32. The molecule has 114 valence electrons. The number of primary amides is 1. The van der Waals surface area contributed by atoms with Crippen molar-refractivity contribution < 1.29 is 19.5 Å². The van der Waals surface area contributed by atoms with E-state index in [2.05, 4.69) is 5.32 Å². The largest absolute Gasteiger partial charge is 0.481 e. The number of likely N-dealkylation sites (tertiary alicyclic amines) is 1. The summed E-state index contributed by atoms with van der Waals surface area (Å²) in [5.41, 5.74) is 4.22. The number of rotatable bonds is 5. The molecule has 3 amide bonds. The van der Waals surface area contributed by atoms with Crippen LogP contribution in [0.25, 0.3) is 0 Å². The Labute approximate surface area is 118 Å². The number of carboxylic acid groups (broad SMARTS) is 1. The highest BCUT2D eigenvalue weighted by atomic mass is 16.4. The zero-order chi connectivity index (χ0) is 15.3. The second-order valence-electron chi connectivity index (χ2n) is 5.43. The second-order valence-corrected chi connectivity index (χ2v) is 5.43. The average molecular weight is 285 g/mol. The van der Waals surface area contributed by atoms with Gasteiger partial charge in [-0.05, 0) is 26.2 Å². The standard InChI is InChI=1S/C13H23N3O4/c1-3-5-13(11(18)19)6-4-7-16(8-13)12(20)15-9(2)10(14)17/h9H,3-8H2,1-2H3,(H2,14,17)(H,15,20)(H,18,19). The van der Waals surface area contributed by atoms with E-state index < -0.39 is 29.4 Å². The van der Waals surface area contributed by atoms with Crippen molar-refractivity contribution in [3.05, 3.63) is 0 Å². The van der Waals surface area contributed by atoms with Crippen LogP contribution in [0.5, 0.6) is 0 Å². The maximum atomic E-state index is 12.0. The van der Waals surface area contributed by atoms with Gasteiger partial charge in [-0.25, -0.2) is 4.79 Å². The van der Waals surface area contributed by atoms with Crippen molar-refractivity contribution in [3.63, 3.8) is 0 Å². The van der Waals surface area contributed by atoms with E-state index >= 15 is 0 Å². The molecule has 1 aliphatic rings. The zero-order valence-corrected chi connectivity index (χ0v) is 12.0. The van der Waals surface area contributed by atoms with Gasteiger partial charge in [-0.1, -0.05) is 13.3 Å². The van der Waals surface area contributed by atoms with E-state index in [1.54, 1.807) is 0 Å². The molecule has 1 heterocycles. The molecule has 20 heavy (non-hydrogen) atoms. The minimum absolute atomic E-state index is 0.174. The van der Waals surface area contributed by atoms with Gasteiger partial charge in [0.15, 0.2) is 0 Å². The monoisotopic (exact) mass is 285 g/mol. The summed E-state index contributed by atoms with van der Waals surface area (Å²) in [4.78, 5) is 36.0. The quantitative estimate of drug-likeness (QED) is 0.684. The Morgan fingerprint density at radius 1 is 1.45 bits per heavy atom. The molecule has 0 aromatic heterocycles. The van der Waals surface area contributed by atoms with Crippen LogP contribution in [0.3, 0.4) is 0 Å². The lowest BCUT2D eigenvalue weighted by Crippen LogP contribution is -2.55. The molecule has 1 saturated heterocycles. The van der Waals surface area contributed by atoms with Crippen molar-refractivity contribution in [2.24, 2.45) is 11.1 Å². The maximum absolute atomic E-state index is 12.0. The maximum Gasteiger partial charge on any atom is 0.318 e. The van der Waals surface area contributed by atoms with Gasteiger partial charge in [0.05, 0.1) is 5.41 Å². The van der Waals surface area contributed by atoms with Gasteiger partial charge in [0.25, 0.3) is 0 Å². The van der Waals surface area contributed by atoms with E-state index in [4.69, 9.17) is 5.73 Å². The fourth-order valence-electron chi connectivity index (χ4n) is 2.62. The first kappa shape index (κ1) is 16.3. The smallest absolute Gasteiger partial charge is 0.318 e. The second kappa shape index (κ2) is 6.58. The van der Waals surface area contributed by atoms with Crippen LogP contribution >= 0.6 is 0 Å². The minimum Gasteiger partial charge on any atom is -0.481 e. The highest BCUT2D eigenvalue weighted by Gasteiger charge is 2.43. The topological polar surface area (TPSA) is 113 Å². The molecular formula is C13H23N3O4. The third-order valence-corrected chi connectivity index (χ3v) is 3.81. The fraction of sp³-hybridized carbons (Fsp3) is 0.769. The van der Waals surface area contributed by atoms with Gasteiger partial charge in [-0.3, -0.25) is 9.59 Å². The summed E-state index contributed by atoms with van der Waals surface area (Å²) in [6.45, 7) is 4.10. The summed E-state index contributed by atoms with van der Waals surface area (Å²) < 4.78 is 0. The lowest BCUT2D eigenvalue weighted by Gasteiger charge is -2.40. The van der Waals surface area contributed by atoms with Gasteiger partial charge in [0.1, 0.15) is 6.04 Å². The van der Waals surface area contributed by atoms with Crippen molar-refractivity contribution in [1.82, 2.24) is 10.2 Å². The number of piperidine rings is 1. The molecule has 0 radical (unpaired) electrons. The van der Waals surface area contributed by atoms with Gasteiger partial charge in [-0.15, -0.1) is 0 Å². The lowest BCUT2D eigenvalue weighted by atomic mass is 9.76. The van der Waals surface area contributed by atoms with E-state index in [0.29, 0.717) is 25.8 Å². The summed E-state index contributed by atoms with van der Waals surface area (Å²) in [5.74, 6) is -1.48. The molecule has 0 aliphatic carbocycles. The molecule has 7 heteroatoms. The summed E-state index contributed by atoms with van der Waals surface area (Å²) in [6, 6.07) is -1.20. The molecule has 0 spiro atoms. The summed E-state index contributed by atoms with van der Waals surface area (Å²) in [5, 5.41) is 11.9. The molecule has 1 rings (SSSR count). The fourth-order valence-corrected chi connectivity index (χ4v) is 2.62. The predicted molar refractivity (Wildman–Crippen MR) is 73.0 cm³/mol. The first-order valence-corrected chi connectivity index (χ1v) is 6.90. The molecule has 1 aliphatic heterocycles. The van der Waals surface area contributed by atoms with E-state index in [9.17, 15) is 19.5 Å². The van der Waals surface area contributed by atoms with Crippen molar-refractivity contribution in [2.45, 2.75) is 45.6 Å². The first-order valence-electron chi connectivity index (χ1n) is 6.90. The molecule has 1 fully saturated rings. The average Bonchev–Trinajstić information content (AvgIpc) is 2.38. The number of hydrogen-bond acceptors (Lipinski definition) is 3. The van der Waals surface area contributed by atoms with Gasteiger partial charge in [0.2, 0.25) is 5.91 Å². The van der Waals surface area contributed by atoms with Crippen LogP contribution < -0.4 is 11.1 Å². The van der Waals surface area contributed by atoms with E-state index in [1.165, 1.54) is 11.8 Å². The Morgan fingerprint density at radius 3 is 2.60 bits per heavy atom. The molecular weight excluding hydrogens is 262 g/mol. The van der Waals surface area contributed by atoms with Gasteiger partial charge < -0.3 is 21.1 Å². The number of hydrogen-bond donors (Lipinski definition) is 3. The van der Waals surface area contributed by atoms with E-state index in [0.717, 1.165) is 6.42 Å². The number of aliphatic carboxylic acids is 1. The van der Waals surface area contributed by atoms with Crippen molar-refractivity contribution in [2.75, 3.05) is 13.1 Å². The number of nitrogens with two attached hydrogens (primary N) is 1. The molecule has 2 unspecified atom stereocenters. The third-order valence-electron chi connectivity index (χ3n) is 3.81. The van der Waals surface area contributed by atoms with E-state index in [-0.39, 0.29) is 6.54 Å². The highest BCUT2D eigenvalue weighted by Crippen LogP contribution is 2.35. The van der Waals surface area contributed by atoms with Crippen LogP contribution in [-0.2, 0) is 9.59 Å². The Hall–Kier alpha value is -1.79. The molecule has 0 aromatic carbocycles. The number of nitrogens with zero attached hydrogens (tertiary/aromatic N) is 1. The Balaban J connectivity index is 2.74. The third kappa shape index (κ3) is 3.61. The van der Waals surface area contributed by atoms with Crippen LogP contribution in [0.2, 0.25) is 0 Å². The molecule has 0 bridgehead atoms. The number of carbonyl (C=O) groups excluding carboxylic acids is 2. The number of urea groups is 1.